The SMILES string of the molecule is Cc1ccc(N(C)C(C)C2=Cc3c(Br)cncc3CCC2)nc1. The van der Waals surface area contributed by atoms with Crippen LogP contribution < -0.4 is 4.90 Å². The summed E-state index contributed by atoms with van der Waals surface area (Å²) >= 11 is 3.65. The number of pyridine rings is 2. The quantitative estimate of drug-likeness (QED) is 0.776. The Morgan fingerprint density at radius 3 is 2.74 bits per heavy atom. The number of anilines is 1. The summed E-state index contributed by atoms with van der Waals surface area (Å²) in [7, 11) is 2.12. The Morgan fingerprint density at radius 2 is 2.00 bits per heavy atom. The molecule has 120 valence electrons. The van der Waals surface area contributed by atoms with Crippen LogP contribution in [-0.4, -0.2) is 23.1 Å². The maximum absolute atomic E-state index is 4.56. The zero-order chi connectivity index (χ0) is 16.4. The van der Waals surface area contributed by atoms with E-state index in [1.165, 1.54) is 22.3 Å². The van der Waals surface area contributed by atoms with Crippen LogP contribution in [0.5, 0.6) is 0 Å². The fraction of sp³-hybridized carbons (Fsp3) is 0.368. The minimum atomic E-state index is 0.316. The van der Waals surface area contributed by atoms with Gasteiger partial charge >= 0.3 is 0 Å². The molecule has 2 aromatic rings. The summed E-state index contributed by atoms with van der Waals surface area (Å²) in [6.07, 6.45) is 11.5. The molecule has 0 fully saturated rings. The predicted molar refractivity (Wildman–Crippen MR) is 99.7 cm³/mol. The first-order chi connectivity index (χ1) is 11.1. The van der Waals surface area contributed by atoms with Crippen molar-refractivity contribution in [3.8, 4) is 0 Å². The van der Waals surface area contributed by atoms with Crippen LogP contribution in [0.3, 0.4) is 0 Å². The molecule has 1 aliphatic rings. The van der Waals surface area contributed by atoms with E-state index in [-0.39, 0.29) is 0 Å². The van der Waals surface area contributed by atoms with Crippen molar-refractivity contribution in [1.29, 1.82) is 0 Å². The number of hydrogen-bond donors (Lipinski definition) is 0. The number of aryl methyl sites for hydroxylation is 2. The molecule has 1 unspecified atom stereocenters. The second kappa shape index (κ2) is 6.83. The lowest BCUT2D eigenvalue weighted by Gasteiger charge is -2.28. The summed E-state index contributed by atoms with van der Waals surface area (Å²) in [5, 5.41) is 0. The summed E-state index contributed by atoms with van der Waals surface area (Å²) in [6.45, 7) is 4.32. The standard InChI is InChI=1S/C19H22BrN3/c1-13-7-8-19(22-10-13)23(3)14(2)15-5-4-6-16-11-21-12-18(20)17(16)9-15/h7-12,14H,4-6H2,1-3H3. The molecule has 0 aromatic carbocycles. The van der Waals surface area contributed by atoms with Gasteiger partial charge in [0.2, 0.25) is 0 Å². The highest BCUT2D eigenvalue weighted by atomic mass is 79.9. The predicted octanol–water partition coefficient (Wildman–Crippen LogP) is 4.79. The fourth-order valence-electron chi connectivity index (χ4n) is 3.03. The van der Waals surface area contributed by atoms with Gasteiger partial charge in [0.1, 0.15) is 5.82 Å². The summed E-state index contributed by atoms with van der Waals surface area (Å²) in [5.74, 6) is 1.02. The molecule has 0 amide bonds. The first-order valence-corrected chi connectivity index (χ1v) is 8.84. The summed E-state index contributed by atoms with van der Waals surface area (Å²) in [5.41, 5.74) is 5.25. The molecule has 0 bridgehead atoms. The Labute approximate surface area is 146 Å². The molecule has 1 atom stereocenters. The van der Waals surface area contributed by atoms with Crippen LogP contribution in [0.15, 0.2) is 40.8 Å². The molecular formula is C19H22BrN3. The minimum Gasteiger partial charge on any atom is -0.353 e. The van der Waals surface area contributed by atoms with Gasteiger partial charge in [-0.25, -0.2) is 4.98 Å². The Bertz CT molecular complexity index is 722. The average Bonchev–Trinajstić information content (AvgIpc) is 2.78. The molecule has 0 N–H and O–H groups in total. The van der Waals surface area contributed by atoms with E-state index in [1.54, 1.807) is 0 Å². The maximum Gasteiger partial charge on any atom is 0.128 e. The van der Waals surface area contributed by atoms with Crippen molar-refractivity contribution in [2.24, 2.45) is 0 Å². The molecule has 0 saturated carbocycles. The first kappa shape index (κ1) is 16.2. The number of aromatic nitrogens is 2. The lowest BCUT2D eigenvalue weighted by molar-refractivity contribution is 0.705. The van der Waals surface area contributed by atoms with Gasteiger partial charge in [-0.3, -0.25) is 4.98 Å². The molecule has 3 nitrogen and oxygen atoms in total. The number of rotatable bonds is 3. The minimum absolute atomic E-state index is 0.316. The smallest absolute Gasteiger partial charge is 0.128 e. The normalized spacial score (nSPS) is 15.4. The Hall–Kier alpha value is -1.68. The Balaban J connectivity index is 1.90. The van der Waals surface area contributed by atoms with E-state index in [2.05, 4.69) is 69.9 Å². The van der Waals surface area contributed by atoms with Crippen LogP contribution in [0.2, 0.25) is 0 Å². The van der Waals surface area contributed by atoms with Gasteiger partial charge in [0.25, 0.3) is 0 Å². The highest BCUT2D eigenvalue weighted by Crippen LogP contribution is 2.31. The van der Waals surface area contributed by atoms with Gasteiger partial charge in [0.15, 0.2) is 0 Å². The van der Waals surface area contributed by atoms with E-state index in [0.29, 0.717) is 6.04 Å². The molecule has 3 rings (SSSR count). The molecule has 0 saturated heterocycles. The van der Waals surface area contributed by atoms with Gasteiger partial charge in [-0.05, 0) is 77.4 Å². The van der Waals surface area contributed by atoms with Crippen molar-refractivity contribution >= 4 is 27.8 Å². The highest BCUT2D eigenvalue weighted by molar-refractivity contribution is 9.10. The molecule has 2 heterocycles. The van der Waals surface area contributed by atoms with Gasteiger partial charge in [0, 0.05) is 36.2 Å². The van der Waals surface area contributed by atoms with Gasteiger partial charge in [-0.1, -0.05) is 12.1 Å². The number of halogens is 1. The van der Waals surface area contributed by atoms with E-state index < -0.39 is 0 Å². The van der Waals surface area contributed by atoms with Crippen LogP contribution in [0, 0.1) is 6.92 Å². The van der Waals surface area contributed by atoms with E-state index in [1.807, 2.05) is 18.6 Å². The number of likely N-dealkylation sites (N-methyl/N-ethyl adjacent to an activating group) is 1. The van der Waals surface area contributed by atoms with E-state index in [9.17, 15) is 0 Å². The van der Waals surface area contributed by atoms with E-state index in [0.717, 1.165) is 29.6 Å². The average molecular weight is 372 g/mol. The van der Waals surface area contributed by atoms with Crippen molar-refractivity contribution in [2.45, 2.75) is 39.2 Å². The first-order valence-electron chi connectivity index (χ1n) is 8.04. The zero-order valence-corrected chi connectivity index (χ0v) is 15.5. The third kappa shape index (κ3) is 3.47. The highest BCUT2D eigenvalue weighted by Gasteiger charge is 2.19. The molecule has 0 aliphatic heterocycles. The summed E-state index contributed by atoms with van der Waals surface area (Å²) in [6, 6.07) is 4.53. The van der Waals surface area contributed by atoms with Crippen molar-refractivity contribution in [2.75, 3.05) is 11.9 Å². The van der Waals surface area contributed by atoms with Gasteiger partial charge in [-0.2, -0.15) is 0 Å². The second-order valence-electron chi connectivity index (χ2n) is 6.25. The monoisotopic (exact) mass is 371 g/mol. The van der Waals surface area contributed by atoms with E-state index >= 15 is 0 Å². The Kier molecular flexibility index (Phi) is 4.81. The third-order valence-corrected chi connectivity index (χ3v) is 5.27. The fourth-order valence-corrected chi connectivity index (χ4v) is 3.52. The molecule has 4 heteroatoms. The molecule has 2 aromatic heterocycles. The molecule has 1 aliphatic carbocycles. The molecule has 23 heavy (non-hydrogen) atoms. The van der Waals surface area contributed by atoms with Crippen molar-refractivity contribution in [1.82, 2.24) is 9.97 Å². The lowest BCUT2D eigenvalue weighted by Crippen LogP contribution is -2.31. The van der Waals surface area contributed by atoms with Crippen molar-refractivity contribution in [3.63, 3.8) is 0 Å². The lowest BCUT2D eigenvalue weighted by atomic mass is 10.0. The number of nitrogens with zero attached hydrogens (tertiary/aromatic N) is 3. The Morgan fingerprint density at radius 1 is 1.17 bits per heavy atom. The third-order valence-electron chi connectivity index (χ3n) is 4.64. The van der Waals surface area contributed by atoms with Crippen LogP contribution in [-0.2, 0) is 6.42 Å². The van der Waals surface area contributed by atoms with Crippen molar-refractivity contribution in [3.05, 3.63) is 57.5 Å². The van der Waals surface area contributed by atoms with Gasteiger partial charge in [-0.15, -0.1) is 0 Å². The second-order valence-corrected chi connectivity index (χ2v) is 7.10. The summed E-state index contributed by atoms with van der Waals surface area (Å²) in [4.78, 5) is 11.1. The van der Waals surface area contributed by atoms with Gasteiger partial charge < -0.3 is 4.90 Å². The molecule has 0 radical (unpaired) electrons. The zero-order valence-electron chi connectivity index (χ0n) is 13.9. The van der Waals surface area contributed by atoms with Crippen LogP contribution in [0.25, 0.3) is 6.08 Å². The summed E-state index contributed by atoms with van der Waals surface area (Å²) < 4.78 is 1.08. The number of hydrogen-bond acceptors (Lipinski definition) is 3. The van der Waals surface area contributed by atoms with E-state index in [4.69, 9.17) is 0 Å². The van der Waals surface area contributed by atoms with Crippen LogP contribution >= 0.6 is 15.9 Å². The van der Waals surface area contributed by atoms with Crippen LogP contribution in [0.4, 0.5) is 5.82 Å². The van der Waals surface area contributed by atoms with Crippen molar-refractivity contribution < 1.29 is 0 Å². The topological polar surface area (TPSA) is 29.0 Å². The maximum atomic E-state index is 4.56. The molecule has 0 spiro atoms. The molecular weight excluding hydrogens is 350 g/mol. The number of fused-ring (bicyclic) bond motifs is 1. The largest absolute Gasteiger partial charge is 0.353 e. The van der Waals surface area contributed by atoms with Gasteiger partial charge in [0.05, 0.1) is 0 Å². The van der Waals surface area contributed by atoms with Crippen LogP contribution in [0.1, 0.15) is 36.5 Å².